The Labute approximate surface area is 138 Å². The second-order valence-electron chi connectivity index (χ2n) is 5.40. The molecular formula is C17H18N4OS. The van der Waals surface area contributed by atoms with Gasteiger partial charge in [0.25, 0.3) is 5.91 Å². The summed E-state index contributed by atoms with van der Waals surface area (Å²) in [5.41, 5.74) is 3.30. The van der Waals surface area contributed by atoms with Gasteiger partial charge >= 0.3 is 0 Å². The van der Waals surface area contributed by atoms with Gasteiger partial charge < -0.3 is 4.57 Å². The van der Waals surface area contributed by atoms with Gasteiger partial charge in [0.1, 0.15) is 0 Å². The van der Waals surface area contributed by atoms with Gasteiger partial charge in [-0.1, -0.05) is 30.3 Å². The van der Waals surface area contributed by atoms with Crippen LogP contribution in [0.5, 0.6) is 0 Å². The fourth-order valence-electron chi connectivity index (χ4n) is 2.49. The Morgan fingerprint density at radius 2 is 2.00 bits per heavy atom. The second kappa shape index (κ2) is 6.34. The molecule has 1 amide bonds. The Morgan fingerprint density at radius 1 is 1.26 bits per heavy atom. The third-order valence-electron chi connectivity index (χ3n) is 3.73. The number of nitrogens with zero attached hydrogens (tertiary/aromatic N) is 4. The molecule has 1 aromatic carbocycles. The van der Waals surface area contributed by atoms with Crippen molar-refractivity contribution >= 4 is 17.2 Å². The normalized spacial score (nSPS) is 11.9. The van der Waals surface area contributed by atoms with Crippen LogP contribution in [0, 0.1) is 13.8 Å². The SMILES string of the molecule is Cc1nn(Cc2ccccc2)c(C)c1C(=O)N=c1sccn1C. The maximum atomic E-state index is 12.5. The molecule has 0 N–H and O–H groups in total. The number of aryl methyl sites for hydroxylation is 2. The number of rotatable bonds is 3. The van der Waals surface area contributed by atoms with Gasteiger partial charge in [-0.3, -0.25) is 9.48 Å². The van der Waals surface area contributed by atoms with E-state index in [1.807, 2.05) is 72.1 Å². The van der Waals surface area contributed by atoms with Crippen LogP contribution in [0.1, 0.15) is 27.3 Å². The quantitative estimate of drug-likeness (QED) is 0.743. The number of hydrogen-bond acceptors (Lipinski definition) is 3. The first-order valence-corrected chi connectivity index (χ1v) is 8.21. The van der Waals surface area contributed by atoms with E-state index in [0.717, 1.165) is 11.3 Å². The lowest BCUT2D eigenvalue weighted by atomic mass is 10.2. The van der Waals surface area contributed by atoms with E-state index in [1.165, 1.54) is 11.3 Å². The van der Waals surface area contributed by atoms with Crippen LogP contribution in [0.15, 0.2) is 46.9 Å². The third-order valence-corrected chi connectivity index (χ3v) is 4.58. The Balaban J connectivity index is 1.95. The summed E-state index contributed by atoms with van der Waals surface area (Å²) < 4.78 is 3.70. The minimum atomic E-state index is -0.239. The number of carbonyl (C=O) groups excluding carboxylic acids is 1. The number of aromatic nitrogens is 3. The molecular weight excluding hydrogens is 308 g/mol. The van der Waals surface area contributed by atoms with Crippen LogP contribution in [0.2, 0.25) is 0 Å². The van der Waals surface area contributed by atoms with Gasteiger partial charge in [-0.2, -0.15) is 10.1 Å². The largest absolute Gasteiger partial charge is 0.327 e. The lowest BCUT2D eigenvalue weighted by Crippen LogP contribution is -2.13. The highest BCUT2D eigenvalue weighted by Crippen LogP contribution is 2.16. The van der Waals surface area contributed by atoms with Crippen molar-refractivity contribution in [1.82, 2.24) is 14.3 Å². The van der Waals surface area contributed by atoms with E-state index in [4.69, 9.17) is 0 Å². The van der Waals surface area contributed by atoms with E-state index >= 15 is 0 Å². The van der Waals surface area contributed by atoms with Crippen molar-refractivity contribution in [2.45, 2.75) is 20.4 Å². The molecule has 118 valence electrons. The fourth-order valence-corrected chi connectivity index (χ4v) is 3.22. The topological polar surface area (TPSA) is 52.2 Å². The number of hydrogen-bond donors (Lipinski definition) is 0. The molecule has 0 radical (unpaired) electrons. The van der Waals surface area contributed by atoms with Gasteiger partial charge in [0, 0.05) is 24.3 Å². The van der Waals surface area contributed by atoms with Gasteiger partial charge in [-0.15, -0.1) is 11.3 Å². The molecule has 2 aromatic heterocycles. The summed E-state index contributed by atoms with van der Waals surface area (Å²) in [6, 6.07) is 10.1. The first-order chi connectivity index (χ1) is 11.1. The lowest BCUT2D eigenvalue weighted by molar-refractivity contribution is 0.0996. The minimum Gasteiger partial charge on any atom is -0.327 e. The Bertz CT molecular complexity index is 902. The maximum absolute atomic E-state index is 12.5. The molecule has 0 fully saturated rings. The number of carbonyl (C=O) groups is 1. The molecule has 0 unspecified atom stereocenters. The smallest absolute Gasteiger partial charge is 0.283 e. The number of amides is 1. The third kappa shape index (κ3) is 3.17. The average Bonchev–Trinajstić information content (AvgIpc) is 3.04. The zero-order valence-electron chi connectivity index (χ0n) is 13.4. The van der Waals surface area contributed by atoms with E-state index in [9.17, 15) is 4.79 Å². The van der Waals surface area contributed by atoms with Gasteiger partial charge in [-0.25, -0.2) is 0 Å². The van der Waals surface area contributed by atoms with Crippen LogP contribution >= 0.6 is 11.3 Å². The van der Waals surface area contributed by atoms with Crippen molar-refractivity contribution in [2.24, 2.45) is 12.0 Å². The summed E-state index contributed by atoms with van der Waals surface area (Å²) >= 11 is 1.44. The molecule has 3 aromatic rings. The summed E-state index contributed by atoms with van der Waals surface area (Å²) in [7, 11) is 1.88. The Kier molecular flexibility index (Phi) is 4.25. The first kappa shape index (κ1) is 15.4. The van der Waals surface area contributed by atoms with Gasteiger partial charge in [0.2, 0.25) is 0 Å². The van der Waals surface area contributed by atoms with Crippen molar-refractivity contribution < 1.29 is 4.79 Å². The van der Waals surface area contributed by atoms with Crippen LogP contribution in [0.25, 0.3) is 0 Å². The van der Waals surface area contributed by atoms with E-state index in [-0.39, 0.29) is 5.91 Å². The van der Waals surface area contributed by atoms with E-state index in [0.29, 0.717) is 22.6 Å². The molecule has 6 heteroatoms. The van der Waals surface area contributed by atoms with Gasteiger partial charge in [0.15, 0.2) is 4.80 Å². The molecule has 23 heavy (non-hydrogen) atoms. The summed E-state index contributed by atoms with van der Waals surface area (Å²) in [5.74, 6) is -0.239. The average molecular weight is 326 g/mol. The van der Waals surface area contributed by atoms with Gasteiger partial charge in [-0.05, 0) is 19.4 Å². The predicted octanol–water partition coefficient (Wildman–Crippen LogP) is 2.69. The molecule has 0 aliphatic rings. The standard InChI is InChI=1S/C17H18N4OS/c1-12-15(16(22)18-17-20(3)9-10-23-17)13(2)21(19-12)11-14-7-5-4-6-8-14/h4-10H,11H2,1-3H3. The summed E-state index contributed by atoms with van der Waals surface area (Å²) in [5, 5.41) is 6.42. The molecule has 5 nitrogen and oxygen atoms in total. The molecule has 2 heterocycles. The maximum Gasteiger partial charge on any atom is 0.283 e. The predicted molar refractivity (Wildman–Crippen MR) is 90.4 cm³/mol. The molecule has 0 saturated heterocycles. The molecule has 0 saturated carbocycles. The zero-order valence-corrected chi connectivity index (χ0v) is 14.2. The number of benzene rings is 1. The van der Waals surface area contributed by atoms with Crippen molar-refractivity contribution in [2.75, 3.05) is 0 Å². The van der Waals surface area contributed by atoms with Crippen LogP contribution in [0.4, 0.5) is 0 Å². The highest BCUT2D eigenvalue weighted by molar-refractivity contribution is 7.07. The van der Waals surface area contributed by atoms with E-state index in [2.05, 4.69) is 10.1 Å². The van der Waals surface area contributed by atoms with Crippen molar-refractivity contribution in [1.29, 1.82) is 0 Å². The zero-order chi connectivity index (χ0) is 16.4. The number of thiazole rings is 1. The minimum absolute atomic E-state index is 0.239. The highest BCUT2D eigenvalue weighted by atomic mass is 32.1. The summed E-state index contributed by atoms with van der Waals surface area (Å²) in [4.78, 5) is 17.4. The highest BCUT2D eigenvalue weighted by Gasteiger charge is 2.18. The molecule has 3 rings (SSSR count). The van der Waals surface area contributed by atoms with Crippen molar-refractivity contribution in [3.63, 3.8) is 0 Å². The molecule has 0 aliphatic carbocycles. The van der Waals surface area contributed by atoms with Gasteiger partial charge in [0.05, 0.1) is 17.8 Å². The Morgan fingerprint density at radius 3 is 2.65 bits per heavy atom. The second-order valence-corrected chi connectivity index (χ2v) is 6.28. The van der Waals surface area contributed by atoms with E-state index in [1.54, 1.807) is 0 Å². The van der Waals surface area contributed by atoms with Crippen LogP contribution in [-0.4, -0.2) is 20.3 Å². The molecule has 0 bridgehead atoms. The monoisotopic (exact) mass is 326 g/mol. The molecule has 0 aliphatic heterocycles. The van der Waals surface area contributed by atoms with Crippen LogP contribution in [0.3, 0.4) is 0 Å². The van der Waals surface area contributed by atoms with Crippen molar-refractivity contribution in [3.8, 4) is 0 Å². The Hall–Kier alpha value is -2.47. The fraction of sp³-hybridized carbons (Fsp3) is 0.235. The molecule has 0 spiro atoms. The van der Waals surface area contributed by atoms with E-state index < -0.39 is 0 Å². The van der Waals surface area contributed by atoms with Crippen LogP contribution in [-0.2, 0) is 13.6 Å². The lowest BCUT2D eigenvalue weighted by Gasteiger charge is -2.04. The first-order valence-electron chi connectivity index (χ1n) is 7.33. The summed E-state index contributed by atoms with van der Waals surface area (Å²) in [6.07, 6.45) is 1.88. The van der Waals surface area contributed by atoms with Crippen LogP contribution < -0.4 is 4.80 Å². The van der Waals surface area contributed by atoms with Crippen molar-refractivity contribution in [3.05, 3.63) is 69.2 Å². The molecule has 0 atom stereocenters. The summed E-state index contributed by atoms with van der Waals surface area (Å²) in [6.45, 7) is 4.42.